The van der Waals surface area contributed by atoms with Gasteiger partial charge in [0.1, 0.15) is 11.7 Å². The highest BCUT2D eigenvalue weighted by atomic mass is 16.3. The van der Waals surface area contributed by atoms with E-state index in [1.165, 1.54) is 4.68 Å². The zero-order valence-electron chi connectivity index (χ0n) is 9.84. The van der Waals surface area contributed by atoms with Crippen LogP contribution in [0, 0.1) is 5.92 Å². The summed E-state index contributed by atoms with van der Waals surface area (Å²) < 4.78 is 1.45. The van der Waals surface area contributed by atoms with Crippen molar-refractivity contribution in [3.63, 3.8) is 0 Å². The predicted molar refractivity (Wildman–Crippen MR) is 58.5 cm³/mol. The monoisotopic (exact) mass is 226 g/mol. The molecule has 0 spiro atoms. The molecule has 1 unspecified atom stereocenters. The Hall–Kier alpha value is -1.43. The van der Waals surface area contributed by atoms with Gasteiger partial charge in [-0.25, -0.2) is 4.68 Å². The van der Waals surface area contributed by atoms with Crippen LogP contribution in [0.1, 0.15) is 32.5 Å². The first-order valence-corrected chi connectivity index (χ1v) is 5.34. The van der Waals surface area contributed by atoms with E-state index < -0.39 is 6.04 Å². The zero-order chi connectivity index (χ0) is 12.1. The second-order valence-electron chi connectivity index (χ2n) is 4.16. The minimum Gasteiger partial charge on any atom is -0.390 e. The van der Waals surface area contributed by atoms with Gasteiger partial charge in [-0.05, 0) is 12.8 Å². The molecule has 2 N–H and O–H groups in total. The van der Waals surface area contributed by atoms with Gasteiger partial charge < -0.3 is 10.4 Å². The second-order valence-corrected chi connectivity index (χ2v) is 4.16. The summed E-state index contributed by atoms with van der Waals surface area (Å²) in [5, 5.41) is 19.1. The molecule has 6 nitrogen and oxygen atoms in total. The van der Waals surface area contributed by atoms with Gasteiger partial charge in [-0.15, -0.1) is 5.10 Å². The zero-order valence-corrected chi connectivity index (χ0v) is 9.84. The Kier molecular flexibility index (Phi) is 4.42. The van der Waals surface area contributed by atoms with Crippen LogP contribution in [-0.2, 0) is 11.4 Å². The fourth-order valence-electron chi connectivity index (χ4n) is 1.15. The smallest absolute Gasteiger partial charge is 0.244 e. The first kappa shape index (κ1) is 12.6. The highest BCUT2D eigenvalue weighted by molar-refractivity contribution is 5.79. The molecule has 0 saturated heterocycles. The number of hydrogen-bond donors (Lipinski definition) is 2. The Balaban J connectivity index is 2.56. The molecule has 0 aliphatic heterocycles. The minimum atomic E-state index is -0.411. The molecular formula is C10H18N4O2. The lowest BCUT2D eigenvalue weighted by atomic mass is 10.2. The highest BCUT2D eigenvalue weighted by Crippen LogP contribution is 2.04. The predicted octanol–water partition coefficient (Wildman–Crippen LogP) is 0.104. The largest absolute Gasteiger partial charge is 0.390 e. The average Bonchev–Trinajstić information content (AvgIpc) is 2.73. The molecule has 1 aromatic rings. The van der Waals surface area contributed by atoms with E-state index in [1.54, 1.807) is 13.1 Å². The summed E-state index contributed by atoms with van der Waals surface area (Å²) in [6.45, 7) is 6.28. The van der Waals surface area contributed by atoms with Gasteiger partial charge in [-0.3, -0.25) is 4.79 Å². The number of aliphatic hydroxyl groups is 1. The van der Waals surface area contributed by atoms with Crippen molar-refractivity contribution >= 4 is 5.91 Å². The van der Waals surface area contributed by atoms with Crippen LogP contribution in [0.2, 0.25) is 0 Å². The van der Waals surface area contributed by atoms with Crippen molar-refractivity contribution in [2.24, 2.45) is 5.92 Å². The van der Waals surface area contributed by atoms with Crippen molar-refractivity contribution in [3.05, 3.63) is 11.9 Å². The lowest BCUT2D eigenvalue weighted by molar-refractivity contribution is -0.124. The average molecular weight is 226 g/mol. The first-order valence-electron chi connectivity index (χ1n) is 5.34. The maximum Gasteiger partial charge on any atom is 0.244 e. The maximum atomic E-state index is 11.7. The van der Waals surface area contributed by atoms with Gasteiger partial charge in [0.2, 0.25) is 5.91 Å². The van der Waals surface area contributed by atoms with Crippen LogP contribution in [0.4, 0.5) is 0 Å². The van der Waals surface area contributed by atoms with Crippen LogP contribution in [-0.4, -0.2) is 32.6 Å². The number of amides is 1. The second kappa shape index (κ2) is 5.60. The SMILES string of the molecule is CC(C)CNC(=O)C(C)n1cc(CO)nn1. The lowest BCUT2D eigenvalue weighted by Crippen LogP contribution is -2.33. The molecule has 0 aromatic carbocycles. The molecule has 1 aromatic heterocycles. The Morgan fingerprint density at radius 2 is 2.25 bits per heavy atom. The molecule has 16 heavy (non-hydrogen) atoms. The summed E-state index contributed by atoms with van der Waals surface area (Å²) in [7, 11) is 0. The lowest BCUT2D eigenvalue weighted by Gasteiger charge is -2.13. The van der Waals surface area contributed by atoms with Crippen molar-refractivity contribution in [2.75, 3.05) is 6.54 Å². The molecule has 0 aliphatic rings. The van der Waals surface area contributed by atoms with Gasteiger partial charge in [0, 0.05) is 6.54 Å². The minimum absolute atomic E-state index is 0.0944. The van der Waals surface area contributed by atoms with E-state index >= 15 is 0 Å². The number of aliphatic hydroxyl groups excluding tert-OH is 1. The fourth-order valence-corrected chi connectivity index (χ4v) is 1.15. The molecule has 0 bridgehead atoms. The highest BCUT2D eigenvalue weighted by Gasteiger charge is 2.16. The van der Waals surface area contributed by atoms with Crippen molar-refractivity contribution in [2.45, 2.75) is 33.4 Å². The number of aromatic nitrogens is 3. The van der Waals surface area contributed by atoms with Crippen molar-refractivity contribution in [1.82, 2.24) is 20.3 Å². The normalized spacial score (nSPS) is 12.8. The van der Waals surface area contributed by atoms with Crippen LogP contribution in [0.5, 0.6) is 0 Å². The molecule has 6 heteroatoms. The standard InChI is InChI=1S/C10H18N4O2/c1-7(2)4-11-10(16)8(3)14-5-9(6-15)12-13-14/h5,7-8,15H,4,6H2,1-3H3,(H,11,16). The number of carbonyl (C=O) groups is 1. The maximum absolute atomic E-state index is 11.7. The quantitative estimate of drug-likeness (QED) is 0.746. The molecule has 0 saturated carbocycles. The summed E-state index contributed by atoms with van der Waals surface area (Å²) in [4.78, 5) is 11.7. The van der Waals surface area contributed by atoms with Gasteiger partial charge in [-0.1, -0.05) is 19.1 Å². The molecule has 90 valence electrons. The van der Waals surface area contributed by atoms with Gasteiger partial charge >= 0.3 is 0 Å². The fraction of sp³-hybridized carbons (Fsp3) is 0.700. The number of nitrogens with one attached hydrogen (secondary N) is 1. The number of carbonyl (C=O) groups excluding carboxylic acids is 1. The van der Waals surface area contributed by atoms with Crippen molar-refractivity contribution < 1.29 is 9.90 Å². The van der Waals surface area contributed by atoms with E-state index in [9.17, 15) is 4.79 Å². The van der Waals surface area contributed by atoms with Crippen LogP contribution < -0.4 is 5.32 Å². The molecule has 1 amide bonds. The summed E-state index contributed by atoms with van der Waals surface area (Å²) in [6, 6.07) is -0.411. The van der Waals surface area contributed by atoms with Gasteiger partial charge in [0.15, 0.2) is 0 Å². The molecule has 1 rings (SSSR count). The molecular weight excluding hydrogens is 208 g/mol. The van der Waals surface area contributed by atoms with E-state index in [0.717, 1.165) is 0 Å². The van der Waals surface area contributed by atoms with E-state index in [0.29, 0.717) is 18.2 Å². The topological polar surface area (TPSA) is 80.0 Å². The van der Waals surface area contributed by atoms with Crippen LogP contribution in [0.3, 0.4) is 0 Å². The number of hydrogen-bond acceptors (Lipinski definition) is 4. The van der Waals surface area contributed by atoms with E-state index in [4.69, 9.17) is 5.11 Å². The van der Waals surface area contributed by atoms with E-state index in [1.807, 2.05) is 13.8 Å². The van der Waals surface area contributed by atoms with Gasteiger partial charge in [0.05, 0.1) is 12.8 Å². The van der Waals surface area contributed by atoms with Crippen LogP contribution >= 0.6 is 0 Å². The Bertz CT molecular complexity index is 348. The van der Waals surface area contributed by atoms with E-state index in [-0.39, 0.29) is 12.5 Å². The van der Waals surface area contributed by atoms with E-state index in [2.05, 4.69) is 15.6 Å². The summed E-state index contributed by atoms with van der Waals surface area (Å²) in [5.74, 6) is 0.322. The molecule has 0 fully saturated rings. The number of rotatable bonds is 5. The Morgan fingerprint density at radius 3 is 2.75 bits per heavy atom. The molecule has 0 aliphatic carbocycles. The molecule has 1 atom stereocenters. The van der Waals surface area contributed by atoms with Crippen LogP contribution in [0.15, 0.2) is 6.20 Å². The third-order valence-corrected chi connectivity index (χ3v) is 2.18. The van der Waals surface area contributed by atoms with Crippen LogP contribution in [0.25, 0.3) is 0 Å². The first-order chi connectivity index (χ1) is 7.54. The Morgan fingerprint density at radius 1 is 1.56 bits per heavy atom. The third kappa shape index (κ3) is 3.30. The summed E-state index contributed by atoms with van der Waals surface area (Å²) in [6.07, 6.45) is 1.57. The summed E-state index contributed by atoms with van der Waals surface area (Å²) >= 11 is 0. The Labute approximate surface area is 94.7 Å². The third-order valence-electron chi connectivity index (χ3n) is 2.18. The van der Waals surface area contributed by atoms with Gasteiger partial charge in [0.25, 0.3) is 0 Å². The van der Waals surface area contributed by atoms with Gasteiger partial charge in [-0.2, -0.15) is 0 Å². The molecule has 1 heterocycles. The summed E-state index contributed by atoms with van der Waals surface area (Å²) in [5.41, 5.74) is 0.462. The molecule has 0 radical (unpaired) electrons. The van der Waals surface area contributed by atoms with Crippen molar-refractivity contribution in [3.8, 4) is 0 Å². The van der Waals surface area contributed by atoms with Crippen molar-refractivity contribution in [1.29, 1.82) is 0 Å². The number of nitrogens with zero attached hydrogens (tertiary/aromatic N) is 3.